The molecule has 2 aliphatic rings. The largest absolute Gasteiger partial charge is 0.337 e. The number of aryl methyl sites for hydroxylation is 2. The molecule has 7 nitrogen and oxygen atoms in total. The Labute approximate surface area is 119 Å². The highest BCUT2D eigenvalue weighted by atomic mass is 32.2. The molecule has 3 heterocycles. The first-order valence-electron chi connectivity index (χ1n) is 6.93. The van der Waals surface area contributed by atoms with Gasteiger partial charge >= 0.3 is 0 Å². The molecule has 0 radical (unpaired) electrons. The molecule has 2 fully saturated rings. The minimum absolute atomic E-state index is 0.163. The minimum atomic E-state index is -3.44. The highest BCUT2D eigenvalue weighted by molar-refractivity contribution is 7.89. The van der Waals surface area contributed by atoms with E-state index in [-0.39, 0.29) is 5.03 Å². The van der Waals surface area contributed by atoms with Crippen molar-refractivity contribution in [1.82, 2.24) is 24.1 Å². The Hall–Kier alpha value is -0.960. The van der Waals surface area contributed by atoms with Gasteiger partial charge in [0.2, 0.25) is 0 Å². The maximum atomic E-state index is 12.5. The zero-order valence-corrected chi connectivity index (χ0v) is 12.7. The van der Waals surface area contributed by atoms with Crippen LogP contribution in [-0.2, 0) is 17.1 Å². The van der Waals surface area contributed by atoms with Gasteiger partial charge in [-0.3, -0.25) is 4.90 Å². The van der Waals surface area contributed by atoms with Gasteiger partial charge in [-0.15, -0.1) is 0 Å². The van der Waals surface area contributed by atoms with Crippen molar-refractivity contribution < 1.29 is 8.42 Å². The third-order valence-electron chi connectivity index (χ3n) is 4.24. The first kappa shape index (κ1) is 14.0. The molecule has 1 aromatic heterocycles. The molecule has 0 saturated carbocycles. The maximum absolute atomic E-state index is 12.5. The summed E-state index contributed by atoms with van der Waals surface area (Å²) in [5.41, 5.74) is 0. The second kappa shape index (κ2) is 5.10. The summed E-state index contributed by atoms with van der Waals surface area (Å²) >= 11 is 0. The minimum Gasteiger partial charge on any atom is -0.337 e. The van der Waals surface area contributed by atoms with Gasteiger partial charge in [0.25, 0.3) is 10.0 Å². The van der Waals surface area contributed by atoms with Crippen molar-refractivity contribution in [1.29, 1.82) is 0 Å². The van der Waals surface area contributed by atoms with Crippen molar-refractivity contribution in [3.05, 3.63) is 12.0 Å². The number of aromatic nitrogens is 2. The highest BCUT2D eigenvalue weighted by Gasteiger charge is 2.33. The van der Waals surface area contributed by atoms with Crippen LogP contribution >= 0.6 is 0 Å². The molecule has 0 atom stereocenters. The van der Waals surface area contributed by atoms with Crippen LogP contribution in [0.4, 0.5) is 0 Å². The van der Waals surface area contributed by atoms with E-state index in [1.165, 1.54) is 0 Å². The van der Waals surface area contributed by atoms with Gasteiger partial charge in [0.05, 0.1) is 0 Å². The Kier molecular flexibility index (Phi) is 3.57. The van der Waals surface area contributed by atoms with Crippen LogP contribution in [0.5, 0.6) is 0 Å². The van der Waals surface area contributed by atoms with Gasteiger partial charge in [-0.05, 0) is 6.92 Å². The molecule has 2 aliphatic heterocycles. The Bertz CT molecular complexity index is 565. The summed E-state index contributed by atoms with van der Waals surface area (Å²) in [5, 5.41) is 3.41. The van der Waals surface area contributed by atoms with Crippen LogP contribution in [0.2, 0.25) is 0 Å². The quantitative estimate of drug-likeness (QED) is 0.776. The lowest BCUT2D eigenvalue weighted by Crippen LogP contribution is -2.62. The number of hydrogen-bond donors (Lipinski definition) is 1. The van der Waals surface area contributed by atoms with E-state index in [1.807, 2.05) is 7.05 Å². The monoisotopic (exact) mass is 299 g/mol. The van der Waals surface area contributed by atoms with Crippen LogP contribution in [0.25, 0.3) is 0 Å². The zero-order valence-electron chi connectivity index (χ0n) is 11.9. The van der Waals surface area contributed by atoms with Crippen molar-refractivity contribution in [3.63, 3.8) is 0 Å². The van der Waals surface area contributed by atoms with Crippen molar-refractivity contribution in [2.75, 3.05) is 39.3 Å². The summed E-state index contributed by atoms with van der Waals surface area (Å²) in [6.07, 6.45) is 1.59. The predicted octanol–water partition coefficient (Wildman–Crippen LogP) is -0.993. The van der Waals surface area contributed by atoms with Gasteiger partial charge in [-0.25, -0.2) is 13.4 Å². The van der Waals surface area contributed by atoms with Gasteiger partial charge in [-0.1, -0.05) is 0 Å². The summed E-state index contributed by atoms with van der Waals surface area (Å²) in [6, 6.07) is 0.581. The number of nitrogens with one attached hydrogen (secondary N) is 1. The van der Waals surface area contributed by atoms with Crippen LogP contribution in [0, 0.1) is 6.92 Å². The Morgan fingerprint density at radius 1 is 1.25 bits per heavy atom. The van der Waals surface area contributed by atoms with Crippen LogP contribution in [0.1, 0.15) is 5.82 Å². The molecule has 1 N–H and O–H groups in total. The SMILES string of the molecule is Cc1nc(S(=O)(=O)N2CCN(C3CNC3)CC2)cn1C. The number of sulfonamides is 1. The van der Waals surface area contributed by atoms with Crippen LogP contribution < -0.4 is 5.32 Å². The fourth-order valence-electron chi connectivity index (χ4n) is 2.62. The van der Waals surface area contributed by atoms with E-state index in [2.05, 4.69) is 15.2 Å². The Morgan fingerprint density at radius 3 is 2.35 bits per heavy atom. The van der Waals surface area contributed by atoms with Crippen molar-refractivity contribution >= 4 is 10.0 Å². The fourth-order valence-corrected chi connectivity index (χ4v) is 4.07. The molecule has 0 aromatic carbocycles. The first-order chi connectivity index (χ1) is 9.48. The fraction of sp³-hybridized carbons (Fsp3) is 0.750. The van der Waals surface area contributed by atoms with Gasteiger partial charge in [-0.2, -0.15) is 4.31 Å². The van der Waals surface area contributed by atoms with Crippen molar-refractivity contribution in [2.24, 2.45) is 7.05 Å². The van der Waals surface area contributed by atoms with Crippen LogP contribution in [-0.4, -0.2) is 72.5 Å². The lowest BCUT2D eigenvalue weighted by atomic mass is 10.1. The molecule has 2 saturated heterocycles. The molecule has 8 heteroatoms. The summed E-state index contributed by atoms with van der Waals surface area (Å²) in [5.74, 6) is 0.711. The smallest absolute Gasteiger partial charge is 0.262 e. The second-order valence-electron chi connectivity index (χ2n) is 5.49. The summed E-state index contributed by atoms with van der Waals surface area (Å²) < 4.78 is 28.4. The molecular formula is C12H21N5O2S. The average Bonchev–Trinajstić information content (AvgIpc) is 2.69. The molecule has 20 heavy (non-hydrogen) atoms. The molecule has 112 valence electrons. The number of imidazole rings is 1. The van der Waals surface area contributed by atoms with Gasteiger partial charge in [0.15, 0.2) is 5.03 Å². The van der Waals surface area contributed by atoms with E-state index in [1.54, 1.807) is 22.0 Å². The van der Waals surface area contributed by atoms with E-state index < -0.39 is 10.0 Å². The topological polar surface area (TPSA) is 70.5 Å². The van der Waals surface area contributed by atoms with Gasteiger partial charge in [0.1, 0.15) is 5.82 Å². The zero-order chi connectivity index (χ0) is 14.3. The van der Waals surface area contributed by atoms with E-state index >= 15 is 0 Å². The number of nitrogens with zero attached hydrogens (tertiary/aromatic N) is 4. The third kappa shape index (κ3) is 2.37. The van der Waals surface area contributed by atoms with E-state index in [9.17, 15) is 8.42 Å². The first-order valence-corrected chi connectivity index (χ1v) is 8.37. The highest BCUT2D eigenvalue weighted by Crippen LogP contribution is 2.18. The summed E-state index contributed by atoms with van der Waals surface area (Å²) in [6.45, 7) is 6.55. The molecule has 0 aliphatic carbocycles. The average molecular weight is 299 g/mol. The summed E-state index contributed by atoms with van der Waals surface area (Å²) in [7, 11) is -1.63. The van der Waals surface area contributed by atoms with E-state index in [0.29, 0.717) is 25.0 Å². The van der Waals surface area contributed by atoms with Crippen LogP contribution in [0.15, 0.2) is 11.2 Å². The van der Waals surface area contributed by atoms with E-state index in [0.717, 1.165) is 26.2 Å². The lowest BCUT2D eigenvalue weighted by Gasteiger charge is -2.42. The predicted molar refractivity (Wildman–Crippen MR) is 74.9 cm³/mol. The lowest BCUT2D eigenvalue weighted by molar-refractivity contribution is 0.103. The second-order valence-corrected chi connectivity index (χ2v) is 7.37. The molecular weight excluding hydrogens is 278 g/mol. The molecule has 0 unspecified atom stereocenters. The number of hydrogen-bond acceptors (Lipinski definition) is 5. The van der Waals surface area contributed by atoms with Gasteiger partial charge in [0, 0.05) is 58.6 Å². The standard InChI is InChI=1S/C12H21N5O2S/c1-10-14-12(9-15(10)2)20(18,19)17-5-3-16(4-6-17)11-7-13-8-11/h9,11,13H,3-8H2,1-2H3. The van der Waals surface area contributed by atoms with Crippen LogP contribution in [0.3, 0.4) is 0 Å². The number of piperazine rings is 1. The molecule has 0 spiro atoms. The number of rotatable bonds is 3. The maximum Gasteiger partial charge on any atom is 0.262 e. The molecule has 3 rings (SSSR count). The third-order valence-corrected chi connectivity index (χ3v) is 6.01. The molecule has 0 amide bonds. The Balaban J connectivity index is 1.70. The van der Waals surface area contributed by atoms with Crippen molar-refractivity contribution in [2.45, 2.75) is 18.0 Å². The molecule has 0 bridgehead atoms. The van der Waals surface area contributed by atoms with E-state index in [4.69, 9.17) is 0 Å². The van der Waals surface area contributed by atoms with Gasteiger partial charge < -0.3 is 9.88 Å². The normalized spacial score (nSPS) is 22.9. The molecule has 1 aromatic rings. The Morgan fingerprint density at radius 2 is 1.90 bits per heavy atom. The van der Waals surface area contributed by atoms with Crippen molar-refractivity contribution in [3.8, 4) is 0 Å². The summed E-state index contributed by atoms with van der Waals surface area (Å²) in [4.78, 5) is 6.52.